The second kappa shape index (κ2) is 9.57. The van der Waals surface area contributed by atoms with Crippen LogP contribution in [0.3, 0.4) is 0 Å². The van der Waals surface area contributed by atoms with E-state index in [1.807, 2.05) is 66.7 Å². The number of nitrogens with zero attached hydrogens (tertiary/aromatic N) is 3. The third-order valence-corrected chi connectivity index (χ3v) is 9.00. The highest BCUT2D eigenvalue weighted by Crippen LogP contribution is 2.62. The standard InChI is InChI=1S/C41H25N3/c1-4-14-27(15-5-1)38-42-39(28-16-6-2-7-17-28)44-40(43-38)29-24-25-37-33(26-29)32-20-11-13-23-36(32)41(37)34-21-9-3-8-18-30(34)31-19-10-12-22-35(31)41/h1-7,9-26H. The van der Waals surface area contributed by atoms with Crippen LogP contribution in [0.25, 0.3) is 50.9 Å². The normalized spacial score (nSPS) is 16.9. The molecule has 0 amide bonds. The molecule has 204 valence electrons. The van der Waals surface area contributed by atoms with E-state index >= 15 is 0 Å². The molecule has 0 saturated carbocycles. The maximum Gasteiger partial charge on any atom is 0.164 e. The van der Waals surface area contributed by atoms with Crippen LogP contribution in [-0.4, -0.2) is 15.0 Å². The van der Waals surface area contributed by atoms with Crippen molar-refractivity contribution < 1.29 is 0 Å². The van der Waals surface area contributed by atoms with Gasteiger partial charge in [0.2, 0.25) is 0 Å². The van der Waals surface area contributed by atoms with Crippen LogP contribution in [-0.2, 0) is 5.41 Å². The molecule has 1 unspecified atom stereocenters. The Morgan fingerprint density at radius 1 is 0.477 bits per heavy atom. The molecular weight excluding hydrogens is 534 g/mol. The molecule has 9 rings (SSSR count). The second-order valence-corrected chi connectivity index (χ2v) is 11.3. The fourth-order valence-corrected chi connectivity index (χ4v) is 7.18. The SMILES string of the molecule is C1=CC=CC2=C(C=1)c1ccccc1C21c2ccccc2-c2cc(-c3nc(-c4ccccc4)nc(-c4ccccc4)n3)ccc21. The molecule has 5 aromatic carbocycles. The molecule has 3 aliphatic carbocycles. The van der Waals surface area contributed by atoms with E-state index in [1.54, 1.807) is 0 Å². The average molecular weight is 560 g/mol. The minimum absolute atomic E-state index is 0.410. The molecule has 0 fully saturated rings. The van der Waals surface area contributed by atoms with Gasteiger partial charge in [-0.05, 0) is 62.7 Å². The van der Waals surface area contributed by atoms with Crippen molar-refractivity contribution in [1.82, 2.24) is 15.0 Å². The number of benzene rings is 5. The van der Waals surface area contributed by atoms with Crippen molar-refractivity contribution in [3.63, 3.8) is 0 Å². The maximum absolute atomic E-state index is 5.02. The highest BCUT2D eigenvalue weighted by atomic mass is 15.0. The molecule has 1 aromatic heterocycles. The lowest BCUT2D eigenvalue weighted by Crippen LogP contribution is -2.26. The van der Waals surface area contributed by atoms with Crippen LogP contribution < -0.4 is 0 Å². The van der Waals surface area contributed by atoms with E-state index < -0.39 is 5.41 Å². The van der Waals surface area contributed by atoms with Crippen molar-refractivity contribution >= 4 is 5.57 Å². The van der Waals surface area contributed by atoms with Crippen molar-refractivity contribution in [3.8, 4) is 45.3 Å². The summed E-state index contributed by atoms with van der Waals surface area (Å²) in [7, 11) is 0. The van der Waals surface area contributed by atoms with Gasteiger partial charge in [-0.15, -0.1) is 5.73 Å². The zero-order valence-corrected chi connectivity index (χ0v) is 23.8. The van der Waals surface area contributed by atoms with Crippen LogP contribution >= 0.6 is 0 Å². The summed E-state index contributed by atoms with van der Waals surface area (Å²) in [5, 5.41) is 0. The molecule has 1 atom stereocenters. The number of aromatic nitrogens is 3. The van der Waals surface area contributed by atoms with Crippen molar-refractivity contribution in [1.29, 1.82) is 0 Å². The molecule has 0 radical (unpaired) electrons. The quantitative estimate of drug-likeness (QED) is 0.203. The molecule has 3 heteroatoms. The summed E-state index contributed by atoms with van der Waals surface area (Å²) >= 11 is 0. The summed E-state index contributed by atoms with van der Waals surface area (Å²) in [6.45, 7) is 0. The van der Waals surface area contributed by atoms with Crippen molar-refractivity contribution in [2.75, 3.05) is 0 Å². The minimum atomic E-state index is -0.410. The molecule has 0 saturated heterocycles. The lowest BCUT2D eigenvalue weighted by Gasteiger charge is -2.31. The predicted octanol–water partition coefficient (Wildman–Crippen LogP) is 9.24. The van der Waals surface area contributed by atoms with E-state index in [9.17, 15) is 0 Å². The zero-order chi connectivity index (χ0) is 29.1. The highest BCUT2D eigenvalue weighted by molar-refractivity contribution is 5.98. The third-order valence-electron chi connectivity index (χ3n) is 9.00. The summed E-state index contributed by atoms with van der Waals surface area (Å²) in [5.41, 5.74) is 16.0. The largest absolute Gasteiger partial charge is 0.208 e. The van der Waals surface area contributed by atoms with Gasteiger partial charge in [0.1, 0.15) is 0 Å². The van der Waals surface area contributed by atoms with Crippen LogP contribution in [0.2, 0.25) is 0 Å². The van der Waals surface area contributed by atoms with Crippen LogP contribution in [0.1, 0.15) is 22.3 Å². The van der Waals surface area contributed by atoms with Gasteiger partial charge in [-0.2, -0.15) is 0 Å². The van der Waals surface area contributed by atoms with Gasteiger partial charge < -0.3 is 0 Å². The Morgan fingerprint density at radius 2 is 1.02 bits per heavy atom. The molecule has 1 heterocycles. The van der Waals surface area contributed by atoms with Gasteiger partial charge in [-0.3, -0.25) is 0 Å². The summed E-state index contributed by atoms with van der Waals surface area (Å²) in [4.78, 5) is 14.9. The Kier molecular flexibility index (Phi) is 5.37. The first-order valence-corrected chi connectivity index (χ1v) is 14.9. The molecule has 6 aromatic rings. The van der Waals surface area contributed by atoms with Crippen molar-refractivity contribution in [3.05, 3.63) is 185 Å². The van der Waals surface area contributed by atoms with E-state index in [0.717, 1.165) is 16.7 Å². The topological polar surface area (TPSA) is 38.7 Å². The number of hydrogen-bond donors (Lipinski definition) is 0. The highest BCUT2D eigenvalue weighted by Gasteiger charge is 2.51. The summed E-state index contributed by atoms with van der Waals surface area (Å²) in [5.74, 6) is 1.98. The number of hydrogen-bond acceptors (Lipinski definition) is 3. The van der Waals surface area contributed by atoms with Crippen LogP contribution in [0.5, 0.6) is 0 Å². The zero-order valence-electron chi connectivity index (χ0n) is 23.8. The fraction of sp³-hybridized carbons (Fsp3) is 0.0244. The van der Waals surface area contributed by atoms with Gasteiger partial charge >= 0.3 is 0 Å². The molecule has 44 heavy (non-hydrogen) atoms. The summed E-state index contributed by atoms with van der Waals surface area (Å²) < 4.78 is 0. The Balaban J connectivity index is 1.29. The lowest BCUT2D eigenvalue weighted by atomic mass is 9.69. The van der Waals surface area contributed by atoms with Gasteiger partial charge in [-0.25, -0.2) is 15.0 Å². The molecule has 3 aliphatic rings. The van der Waals surface area contributed by atoms with Gasteiger partial charge in [0.25, 0.3) is 0 Å². The van der Waals surface area contributed by atoms with Gasteiger partial charge in [0.15, 0.2) is 17.5 Å². The lowest BCUT2D eigenvalue weighted by molar-refractivity contribution is 0.786. The van der Waals surface area contributed by atoms with Crippen LogP contribution in [0.15, 0.2) is 163 Å². The van der Waals surface area contributed by atoms with E-state index in [2.05, 4.69) is 90.7 Å². The molecule has 1 spiro atoms. The molecule has 0 N–H and O–H groups in total. The molecule has 0 aliphatic heterocycles. The van der Waals surface area contributed by atoms with Crippen molar-refractivity contribution in [2.45, 2.75) is 5.41 Å². The van der Waals surface area contributed by atoms with Gasteiger partial charge in [0.05, 0.1) is 5.41 Å². The van der Waals surface area contributed by atoms with Gasteiger partial charge in [0, 0.05) is 16.7 Å². The Labute approximate surface area is 256 Å². The Bertz CT molecular complexity index is 2200. The Hall–Kier alpha value is -5.89. The monoisotopic (exact) mass is 559 g/mol. The maximum atomic E-state index is 5.02. The van der Waals surface area contributed by atoms with Crippen LogP contribution in [0, 0.1) is 0 Å². The first-order chi connectivity index (χ1) is 21.8. The Morgan fingerprint density at radius 3 is 1.70 bits per heavy atom. The number of rotatable bonds is 3. The molecule has 0 bridgehead atoms. The molecule has 3 nitrogen and oxygen atoms in total. The van der Waals surface area contributed by atoms with Gasteiger partial charge in [-0.1, -0.05) is 133 Å². The average Bonchev–Trinajstić information content (AvgIpc) is 3.39. The van der Waals surface area contributed by atoms with E-state index in [-0.39, 0.29) is 0 Å². The third kappa shape index (κ3) is 3.48. The van der Waals surface area contributed by atoms with E-state index in [1.165, 1.54) is 44.5 Å². The number of fused-ring (bicyclic) bond motifs is 9. The van der Waals surface area contributed by atoms with E-state index in [0.29, 0.717) is 17.5 Å². The first kappa shape index (κ1) is 24.7. The van der Waals surface area contributed by atoms with Crippen LogP contribution in [0.4, 0.5) is 0 Å². The van der Waals surface area contributed by atoms with Crippen molar-refractivity contribution in [2.24, 2.45) is 0 Å². The van der Waals surface area contributed by atoms with E-state index in [4.69, 9.17) is 15.0 Å². The fourth-order valence-electron chi connectivity index (χ4n) is 7.18. The second-order valence-electron chi connectivity index (χ2n) is 11.3. The predicted molar refractivity (Wildman–Crippen MR) is 177 cm³/mol. The first-order valence-electron chi connectivity index (χ1n) is 14.9. The summed E-state index contributed by atoms with van der Waals surface area (Å²) in [6, 6.07) is 44.7. The smallest absolute Gasteiger partial charge is 0.164 e. The molecular formula is C41H25N3. The summed E-state index contributed by atoms with van der Waals surface area (Å²) in [6.07, 6.45) is 8.52. The minimum Gasteiger partial charge on any atom is -0.208 e. The number of allylic oxidation sites excluding steroid dienone is 5.